The van der Waals surface area contributed by atoms with Gasteiger partial charge in [0, 0.05) is 86.5 Å². The van der Waals surface area contributed by atoms with Crippen LogP contribution in [-0.2, 0) is 10.0 Å². The molecule has 242 valence electrons. The zero-order valence-corrected chi connectivity index (χ0v) is 28.2. The Balaban J connectivity index is 1.05. The number of nitrogens with one attached hydrogen (secondary N) is 1. The highest BCUT2D eigenvalue weighted by Gasteiger charge is 2.43. The molecule has 0 spiro atoms. The lowest BCUT2D eigenvalue weighted by molar-refractivity contribution is 0.0682. The highest BCUT2D eigenvalue weighted by atomic mass is 32.2. The normalized spacial score (nSPS) is 20.9. The Labute approximate surface area is 273 Å². The van der Waals surface area contributed by atoms with Crippen molar-refractivity contribution in [3.63, 3.8) is 0 Å². The van der Waals surface area contributed by atoms with Gasteiger partial charge in [0.15, 0.2) is 0 Å². The van der Waals surface area contributed by atoms with Gasteiger partial charge in [0.05, 0.1) is 16.5 Å². The molecule has 0 radical (unpaired) electrons. The summed E-state index contributed by atoms with van der Waals surface area (Å²) >= 11 is 1.53. The number of aryl methyl sites for hydroxylation is 1. The molecule has 2 atom stereocenters. The van der Waals surface area contributed by atoms with Crippen molar-refractivity contribution in [1.29, 1.82) is 0 Å². The van der Waals surface area contributed by atoms with Crippen LogP contribution >= 0.6 is 11.3 Å². The van der Waals surface area contributed by atoms with E-state index in [1.54, 1.807) is 11.9 Å². The lowest BCUT2D eigenvalue weighted by atomic mass is 10.0. The summed E-state index contributed by atoms with van der Waals surface area (Å²) in [7, 11) is -1.42. The standard InChI is InChI=1S/C32H39N9O3S2/c1-5-39-18-25-15-24(39)19-41(25)32-34-20(2)13-29(37-32)36-28-16-26-27(17-33-28)45-30(35-26)21-7-6-8-22(14-21)31(42)38(3)23-9-11-40(12-10-23)46(4,43)44/h6-8,13-14,16-17,23-25H,5,9-12,15,18-19H2,1-4H3,(H,33,34,36,37)/t24-,25-/m0/s1. The summed E-state index contributed by atoms with van der Waals surface area (Å²) in [5.41, 5.74) is 3.15. The summed E-state index contributed by atoms with van der Waals surface area (Å²) in [6.45, 7) is 8.17. The predicted octanol–water partition coefficient (Wildman–Crippen LogP) is 3.98. The van der Waals surface area contributed by atoms with Crippen molar-refractivity contribution in [3.8, 4) is 10.6 Å². The number of hydrogen-bond donors (Lipinski definition) is 1. The molecule has 3 aliphatic rings. The molecule has 3 fully saturated rings. The molecular weight excluding hydrogens is 623 g/mol. The van der Waals surface area contributed by atoms with Crippen LogP contribution in [0.3, 0.4) is 0 Å². The quantitative estimate of drug-likeness (QED) is 0.296. The van der Waals surface area contributed by atoms with Crippen LogP contribution in [0.5, 0.6) is 0 Å². The summed E-state index contributed by atoms with van der Waals surface area (Å²) in [5, 5.41) is 4.17. The SMILES string of the molecule is CCN1C[C@@H]2C[C@H]1CN2c1nc(C)cc(Nc2cc3nc(-c4cccc(C(=O)N(C)C5CCN(S(C)(=O)=O)CC5)c4)sc3cn2)n1. The molecule has 0 unspecified atom stereocenters. The van der Waals surface area contributed by atoms with Crippen LogP contribution in [-0.4, -0.2) is 113 Å². The van der Waals surface area contributed by atoms with E-state index in [2.05, 4.69) is 27.0 Å². The maximum Gasteiger partial charge on any atom is 0.253 e. The van der Waals surface area contributed by atoms with Gasteiger partial charge in [-0.2, -0.15) is 4.98 Å². The molecule has 7 rings (SSSR count). The molecule has 14 heteroatoms. The van der Waals surface area contributed by atoms with E-state index in [9.17, 15) is 13.2 Å². The second kappa shape index (κ2) is 12.1. The molecule has 2 bridgehead atoms. The van der Waals surface area contributed by atoms with Gasteiger partial charge < -0.3 is 15.1 Å². The third-order valence-electron chi connectivity index (χ3n) is 9.51. The molecule has 3 aliphatic heterocycles. The van der Waals surface area contributed by atoms with Gasteiger partial charge >= 0.3 is 0 Å². The maximum atomic E-state index is 13.4. The number of sulfonamides is 1. The highest BCUT2D eigenvalue weighted by molar-refractivity contribution is 7.88. The van der Waals surface area contributed by atoms with Crippen molar-refractivity contribution in [2.24, 2.45) is 0 Å². The van der Waals surface area contributed by atoms with Gasteiger partial charge in [0.1, 0.15) is 16.6 Å². The number of carbonyl (C=O) groups is 1. The van der Waals surface area contributed by atoms with Crippen molar-refractivity contribution in [1.82, 2.24) is 34.0 Å². The van der Waals surface area contributed by atoms with Crippen molar-refractivity contribution in [2.45, 2.75) is 51.2 Å². The van der Waals surface area contributed by atoms with Crippen LogP contribution in [0.25, 0.3) is 20.8 Å². The topological polar surface area (TPSA) is 128 Å². The number of pyridine rings is 1. The van der Waals surface area contributed by atoms with E-state index < -0.39 is 10.0 Å². The summed E-state index contributed by atoms with van der Waals surface area (Å²) in [6.07, 6.45) is 5.44. The number of benzene rings is 1. The zero-order valence-electron chi connectivity index (χ0n) is 26.5. The van der Waals surface area contributed by atoms with Crippen molar-refractivity contribution in [2.75, 3.05) is 56.2 Å². The largest absolute Gasteiger partial charge is 0.339 e. The number of rotatable bonds is 8. The third kappa shape index (κ3) is 6.06. The number of thiazole rings is 1. The predicted molar refractivity (Wildman–Crippen MR) is 181 cm³/mol. The Morgan fingerprint density at radius 2 is 1.87 bits per heavy atom. The molecule has 12 nitrogen and oxygen atoms in total. The summed E-state index contributed by atoms with van der Waals surface area (Å²) in [4.78, 5) is 39.2. The monoisotopic (exact) mass is 661 g/mol. The molecule has 0 aliphatic carbocycles. The smallest absolute Gasteiger partial charge is 0.253 e. The molecule has 0 saturated carbocycles. The number of piperidine rings is 1. The number of piperazine rings is 1. The van der Waals surface area contributed by atoms with Gasteiger partial charge in [0.25, 0.3) is 5.91 Å². The molecule has 1 amide bonds. The highest BCUT2D eigenvalue weighted by Crippen LogP contribution is 2.35. The van der Waals surface area contributed by atoms with Gasteiger partial charge in [-0.1, -0.05) is 19.1 Å². The van der Waals surface area contributed by atoms with E-state index in [0.717, 1.165) is 52.1 Å². The van der Waals surface area contributed by atoms with Crippen LogP contribution in [0, 0.1) is 6.92 Å². The molecule has 4 aromatic rings. The first kappa shape index (κ1) is 30.9. The number of anilines is 3. The number of hydrogen-bond acceptors (Lipinski definition) is 11. The van der Waals surface area contributed by atoms with Crippen LogP contribution in [0.15, 0.2) is 42.6 Å². The van der Waals surface area contributed by atoms with Gasteiger partial charge in [0.2, 0.25) is 16.0 Å². The average molecular weight is 662 g/mol. The second-order valence-corrected chi connectivity index (χ2v) is 15.6. The molecule has 6 heterocycles. The van der Waals surface area contributed by atoms with Crippen molar-refractivity contribution < 1.29 is 13.2 Å². The summed E-state index contributed by atoms with van der Waals surface area (Å²) in [5.74, 6) is 2.04. The maximum absolute atomic E-state index is 13.4. The minimum atomic E-state index is -3.22. The Morgan fingerprint density at radius 3 is 2.59 bits per heavy atom. The van der Waals surface area contributed by atoms with E-state index in [-0.39, 0.29) is 11.9 Å². The van der Waals surface area contributed by atoms with Gasteiger partial charge in [-0.3, -0.25) is 9.69 Å². The number of likely N-dealkylation sites (N-methyl/N-ethyl adjacent to an activating group) is 1. The van der Waals surface area contributed by atoms with Crippen LogP contribution < -0.4 is 10.2 Å². The molecule has 3 saturated heterocycles. The molecule has 3 aromatic heterocycles. The number of fused-ring (bicyclic) bond motifs is 3. The van der Waals surface area contributed by atoms with Crippen LogP contribution in [0.4, 0.5) is 17.6 Å². The number of carbonyl (C=O) groups excluding carboxylic acids is 1. The zero-order chi connectivity index (χ0) is 32.2. The Kier molecular flexibility index (Phi) is 8.16. The first-order valence-electron chi connectivity index (χ1n) is 15.8. The van der Waals surface area contributed by atoms with E-state index in [1.807, 2.05) is 49.5 Å². The fourth-order valence-electron chi connectivity index (χ4n) is 7.00. The number of nitrogens with zero attached hydrogens (tertiary/aromatic N) is 8. The lowest BCUT2D eigenvalue weighted by Crippen LogP contribution is -2.47. The number of likely N-dealkylation sites (tertiary alicyclic amines) is 1. The molecular formula is C32H39N9O3S2. The van der Waals surface area contributed by atoms with E-state index in [0.29, 0.717) is 55.2 Å². The molecule has 46 heavy (non-hydrogen) atoms. The molecule has 1 aromatic carbocycles. The second-order valence-electron chi connectivity index (χ2n) is 12.5. The molecule has 1 N–H and O–H groups in total. The van der Waals surface area contributed by atoms with Crippen LogP contribution in [0.1, 0.15) is 42.2 Å². The minimum absolute atomic E-state index is 0.0137. The summed E-state index contributed by atoms with van der Waals surface area (Å²) < 4.78 is 26.2. The minimum Gasteiger partial charge on any atom is -0.339 e. The number of amides is 1. The van der Waals surface area contributed by atoms with E-state index >= 15 is 0 Å². The van der Waals surface area contributed by atoms with Crippen molar-refractivity contribution >= 4 is 55.1 Å². The Bertz CT molecular complexity index is 1890. The Hall–Kier alpha value is -3.72. The van der Waals surface area contributed by atoms with Gasteiger partial charge in [-0.15, -0.1) is 11.3 Å². The van der Waals surface area contributed by atoms with E-state index in [4.69, 9.17) is 15.0 Å². The van der Waals surface area contributed by atoms with Crippen molar-refractivity contribution in [3.05, 3.63) is 53.9 Å². The summed E-state index contributed by atoms with van der Waals surface area (Å²) in [6, 6.07) is 12.4. The van der Waals surface area contributed by atoms with Gasteiger partial charge in [-0.25, -0.2) is 27.7 Å². The first-order valence-corrected chi connectivity index (χ1v) is 18.4. The fourth-order valence-corrected chi connectivity index (χ4v) is 8.79. The van der Waals surface area contributed by atoms with E-state index in [1.165, 1.54) is 28.3 Å². The third-order valence-corrected chi connectivity index (χ3v) is 11.9. The Morgan fingerprint density at radius 1 is 1.07 bits per heavy atom. The fraction of sp³-hybridized carbons (Fsp3) is 0.469. The first-order chi connectivity index (χ1) is 22.1. The lowest BCUT2D eigenvalue weighted by Gasteiger charge is -2.35. The van der Waals surface area contributed by atoms with Crippen LogP contribution in [0.2, 0.25) is 0 Å². The average Bonchev–Trinajstić information content (AvgIpc) is 3.78. The number of aromatic nitrogens is 4. The van der Waals surface area contributed by atoms with Gasteiger partial charge in [-0.05, 0) is 44.9 Å².